The second-order valence-electron chi connectivity index (χ2n) is 5.75. The Hall–Kier alpha value is -1.02. The smallest absolute Gasteiger partial charge is 0.125 e. The van der Waals surface area contributed by atoms with E-state index in [0.29, 0.717) is 11.8 Å². The molecule has 0 radical (unpaired) electrons. The molecule has 1 atom stereocenters. The zero-order valence-electron chi connectivity index (χ0n) is 12.6. The quantitative estimate of drug-likeness (QED) is 0.860. The lowest BCUT2D eigenvalue weighted by molar-refractivity contribution is 0.400. The van der Waals surface area contributed by atoms with Gasteiger partial charge in [0.2, 0.25) is 0 Å². The zero-order valence-corrected chi connectivity index (χ0v) is 12.6. The van der Waals surface area contributed by atoms with E-state index in [9.17, 15) is 0 Å². The van der Waals surface area contributed by atoms with Gasteiger partial charge in [-0.15, -0.1) is 0 Å². The van der Waals surface area contributed by atoms with Gasteiger partial charge in [0.25, 0.3) is 0 Å². The highest BCUT2D eigenvalue weighted by Crippen LogP contribution is 2.35. The van der Waals surface area contributed by atoms with Crippen molar-refractivity contribution in [1.29, 1.82) is 0 Å². The van der Waals surface area contributed by atoms with Crippen LogP contribution in [0.3, 0.4) is 0 Å². The van der Waals surface area contributed by atoms with Gasteiger partial charge in [-0.1, -0.05) is 39.8 Å². The largest absolute Gasteiger partial charge is 0.496 e. The molecule has 1 rings (SSSR count). The van der Waals surface area contributed by atoms with Crippen molar-refractivity contribution >= 4 is 0 Å². The Bertz CT molecular complexity index is 394. The summed E-state index contributed by atoms with van der Waals surface area (Å²) in [4.78, 5) is 0. The maximum absolute atomic E-state index is 5.99. The summed E-state index contributed by atoms with van der Waals surface area (Å²) in [6, 6.07) is 4.59. The minimum absolute atomic E-state index is 0.152. The molecule has 18 heavy (non-hydrogen) atoms. The second kappa shape index (κ2) is 6.24. The molecule has 0 saturated heterocycles. The highest BCUT2D eigenvalue weighted by atomic mass is 16.5. The Labute approximate surface area is 112 Å². The monoisotopic (exact) mass is 249 g/mol. The van der Waals surface area contributed by atoms with Crippen LogP contribution in [-0.2, 0) is 6.42 Å². The standard InChI is InChI=1S/C16H27NO/c1-10(2)13-7-8-14(11(3)4)16(18-6)15(13)9-12(5)17/h7-8,10-12H,9,17H2,1-6H3. The predicted molar refractivity (Wildman–Crippen MR) is 78.5 cm³/mol. The second-order valence-corrected chi connectivity index (χ2v) is 5.75. The lowest BCUT2D eigenvalue weighted by Gasteiger charge is -2.22. The highest BCUT2D eigenvalue weighted by molar-refractivity contribution is 5.49. The molecule has 0 aliphatic carbocycles. The summed E-state index contributed by atoms with van der Waals surface area (Å²) >= 11 is 0. The molecule has 0 spiro atoms. The Balaban J connectivity index is 3.40. The van der Waals surface area contributed by atoms with Gasteiger partial charge in [-0.25, -0.2) is 0 Å². The first-order valence-corrected chi connectivity index (χ1v) is 6.83. The van der Waals surface area contributed by atoms with Crippen molar-refractivity contribution in [2.24, 2.45) is 5.73 Å². The number of benzene rings is 1. The van der Waals surface area contributed by atoms with Gasteiger partial charge < -0.3 is 10.5 Å². The Kier molecular flexibility index (Phi) is 5.21. The average molecular weight is 249 g/mol. The molecule has 1 aromatic rings. The van der Waals surface area contributed by atoms with E-state index in [1.807, 2.05) is 6.92 Å². The lowest BCUT2D eigenvalue weighted by Crippen LogP contribution is -2.20. The van der Waals surface area contributed by atoms with E-state index in [0.717, 1.165) is 12.2 Å². The van der Waals surface area contributed by atoms with Crippen LogP contribution in [0, 0.1) is 0 Å². The number of ether oxygens (including phenoxy) is 1. The predicted octanol–water partition coefficient (Wildman–Crippen LogP) is 3.83. The average Bonchev–Trinajstić information content (AvgIpc) is 2.26. The fourth-order valence-corrected chi connectivity index (χ4v) is 2.43. The number of hydrogen-bond acceptors (Lipinski definition) is 2. The molecule has 2 heteroatoms. The number of nitrogens with two attached hydrogens (primary N) is 1. The summed E-state index contributed by atoms with van der Waals surface area (Å²) in [6.07, 6.45) is 0.872. The van der Waals surface area contributed by atoms with Crippen molar-refractivity contribution in [3.63, 3.8) is 0 Å². The zero-order chi connectivity index (χ0) is 13.9. The summed E-state index contributed by atoms with van der Waals surface area (Å²) < 4.78 is 5.67. The first kappa shape index (κ1) is 15.0. The van der Waals surface area contributed by atoms with E-state index in [1.54, 1.807) is 7.11 Å². The number of methoxy groups -OCH3 is 1. The molecule has 1 aromatic carbocycles. The van der Waals surface area contributed by atoms with Crippen LogP contribution in [-0.4, -0.2) is 13.2 Å². The van der Waals surface area contributed by atoms with Crippen LogP contribution in [0.4, 0.5) is 0 Å². The Morgan fingerprint density at radius 1 is 1.00 bits per heavy atom. The first-order valence-electron chi connectivity index (χ1n) is 6.83. The first-order chi connectivity index (χ1) is 8.38. The summed E-state index contributed by atoms with van der Waals surface area (Å²) in [5.74, 6) is 2.00. The van der Waals surface area contributed by atoms with Crippen LogP contribution in [0.15, 0.2) is 12.1 Å². The van der Waals surface area contributed by atoms with Gasteiger partial charge in [0.15, 0.2) is 0 Å². The van der Waals surface area contributed by atoms with Crippen LogP contribution in [0.5, 0.6) is 5.75 Å². The van der Waals surface area contributed by atoms with Gasteiger partial charge in [0.05, 0.1) is 7.11 Å². The third kappa shape index (κ3) is 3.26. The molecular weight excluding hydrogens is 222 g/mol. The lowest BCUT2D eigenvalue weighted by atomic mass is 9.88. The minimum atomic E-state index is 0.152. The van der Waals surface area contributed by atoms with Gasteiger partial charge in [-0.3, -0.25) is 0 Å². The van der Waals surface area contributed by atoms with Crippen molar-refractivity contribution in [1.82, 2.24) is 0 Å². The summed E-state index contributed by atoms with van der Waals surface area (Å²) in [5, 5.41) is 0. The summed E-state index contributed by atoms with van der Waals surface area (Å²) in [5.41, 5.74) is 9.90. The molecule has 0 heterocycles. The molecule has 0 amide bonds. The van der Waals surface area contributed by atoms with Gasteiger partial charge in [-0.05, 0) is 41.9 Å². The van der Waals surface area contributed by atoms with Crippen molar-refractivity contribution in [2.45, 2.75) is 58.9 Å². The van der Waals surface area contributed by atoms with E-state index >= 15 is 0 Å². The van der Waals surface area contributed by atoms with Gasteiger partial charge in [-0.2, -0.15) is 0 Å². The fraction of sp³-hybridized carbons (Fsp3) is 0.625. The topological polar surface area (TPSA) is 35.2 Å². The fourth-order valence-electron chi connectivity index (χ4n) is 2.43. The van der Waals surface area contributed by atoms with Crippen LogP contribution < -0.4 is 10.5 Å². The molecular formula is C16H27NO. The molecule has 2 nitrogen and oxygen atoms in total. The van der Waals surface area contributed by atoms with Gasteiger partial charge in [0, 0.05) is 6.04 Å². The molecule has 0 aromatic heterocycles. The van der Waals surface area contributed by atoms with E-state index < -0.39 is 0 Å². The molecule has 0 fully saturated rings. The molecule has 1 unspecified atom stereocenters. The molecule has 2 N–H and O–H groups in total. The van der Waals surface area contributed by atoms with Crippen LogP contribution >= 0.6 is 0 Å². The van der Waals surface area contributed by atoms with Crippen LogP contribution in [0.25, 0.3) is 0 Å². The third-order valence-electron chi connectivity index (χ3n) is 3.30. The molecule has 0 aliphatic heterocycles. The summed E-state index contributed by atoms with van der Waals surface area (Å²) in [6.45, 7) is 10.9. The van der Waals surface area contributed by atoms with Crippen molar-refractivity contribution in [3.05, 3.63) is 28.8 Å². The van der Waals surface area contributed by atoms with Crippen molar-refractivity contribution in [2.75, 3.05) is 7.11 Å². The molecule has 0 bridgehead atoms. The maximum atomic E-state index is 5.99. The SMILES string of the molecule is COc1c(C(C)C)ccc(C(C)C)c1CC(C)N. The van der Waals surface area contributed by atoms with E-state index in [2.05, 4.69) is 39.8 Å². The van der Waals surface area contributed by atoms with Crippen LogP contribution in [0.2, 0.25) is 0 Å². The molecule has 0 saturated carbocycles. The van der Waals surface area contributed by atoms with Crippen molar-refractivity contribution in [3.8, 4) is 5.75 Å². The third-order valence-corrected chi connectivity index (χ3v) is 3.30. The normalized spacial score (nSPS) is 13.2. The minimum Gasteiger partial charge on any atom is -0.496 e. The van der Waals surface area contributed by atoms with E-state index in [-0.39, 0.29) is 6.04 Å². The Morgan fingerprint density at radius 3 is 1.89 bits per heavy atom. The number of rotatable bonds is 5. The number of hydrogen-bond donors (Lipinski definition) is 1. The van der Waals surface area contributed by atoms with Gasteiger partial charge >= 0.3 is 0 Å². The van der Waals surface area contributed by atoms with E-state index in [1.165, 1.54) is 16.7 Å². The van der Waals surface area contributed by atoms with Gasteiger partial charge in [0.1, 0.15) is 5.75 Å². The van der Waals surface area contributed by atoms with Crippen LogP contribution in [0.1, 0.15) is 63.1 Å². The van der Waals surface area contributed by atoms with Crippen molar-refractivity contribution < 1.29 is 4.74 Å². The maximum Gasteiger partial charge on any atom is 0.125 e. The summed E-state index contributed by atoms with van der Waals surface area (Å²) in [7, 11) is 1.76. The highest BCUT2D eigenvalue weighted by Gasteiger charge is 2.18. The molecule has 0 aliphatic rings. The van der Waals surface area contributed by atoms with E-state index in [4.69, 9.17) is 10.5 Å². The Morgan fingerprint density at radius 2 is 1.50 bits per heavy atom. The molecule has 102 valence electrons.